The van der Waals surface area contributed by atoms with Crippen LogP contribution in [-0.2, 0) is 14.2 Å². The van der Waals surface area contributed by atoms with E-state index in [1.54, 1.807) is 18.2 Å². The lowest BCUT2D eigenvalue weighted by Gasteiger charge is -2.26. The van der Waals surface area contributed by atoms with Crippen LogP contribution in [0.1, 0.15) is 69.8 Å². The third-order valence-electron chi connectivity index (χ3n) is 6.78. The number of nitrogens with zero attached hydrogens (tertiary/aromatic N) is 1. The molecule has 0 radical (unpaired) electrons. The van der Waals surface area contributed by atoms with Gasteiger partial charge in [0.05, 0.1) is 10.6 Å². The molecular weight excluding hydrogens is 493 g/mol. The Labute approximate surface area is 216 Å². The molecule has 1 aromatic carbocycles. The molecule has 1 aliphatic heterocycles. The predicted octanol–water partition coefficient (Wildman–Crippen LogP) is 5.63. The summed E-state index contributed by atoms with van der Waals surface area (Å²) < 4.78 is 16.9. The van der Waals surface area contributed by atoms with Crippen LogP contribution in [0, 0.1) is 0 Å². The summed E-state index contributed by atoms with van der Waals surface area (Å²) in [4.78, 5) is 29.6. The standard InChI is InChI=1S/C25H33Cl2N3O5/c26-17-11-12-20(21(27)13-17)22-30-25(14-33-22,15-34-23(31)28-18-7-3-1-4-8-18)16-35-24(32)29-19-9-5-2-6-10-19/h11-13,18-19H,1-10,14-16H2,(H,28,31)(H,29,32). The SMILES string of the molecule is O=C(NC1CCCCC1)OCC1(COC(=O)NC2CCCCC2)COC(c2ccc(Cl)cc2Cl)=N1. The van der Waals surface area contributed by atoms with E-state index in [1.807, 2.05) is 0 Å². The fourth-order valence-corrected chi connectivity index (χ4v) is 5.27. The van der Waals surface area contributed by atoms with Crippen LogP contribution in [0.5, 0.6) is 0 Å². The van der Waals surface area contributed by atoms with Crippen LogP contribution >= 0.6 is 23.2 Å². The Bertz CT molecular complexity index is 894. The molecule has 8 nitrogen and oxygen atoms in total. The van der Waals surface area contributed by atoms with Gasteiger partial charge in [0.15, 0.2) is 5.54 Å². The normalized spacial score (nSPS) is 20.5. The van der Waals surface area contributed by atoms with Crippen LogP contribution in [0.3, 0.4) is 0 Å². The van der Waals surface area contributed by atoms with Crippen molar-refractivity contribution in [2.75, 3.05) is 19.8 Å². The summed E-state index contributed by atoms with van der Waals surface area (Å²) >= 11 is 12.4. The lowest BCUT2D eigenvalue weighted by Crippen LogP contribution is -2.45. The van der Waals surface area contributed by atoms with Crippen molar-refractivity contribution in [1.82, 2.24) is 10.6 Å². The molecule has 1 aromatic rings. The van der Waals surface area contributed by atoms with E-state index in [4.69, 9.17) is 37.4 Å². The molecule has 0 atom stereocenters. The van der Waals surface area contributed by atoms with Crippen LogP contribution in [0.4, 0.5) is 9.59 Å². The monoisotopic (exact) mass is 525 g/mol. The zero-order valence-electron chi connectivity index (χ0n) is 19.8. The Morgan fingerprint density at radius 1 is 0.914 bits per heavy atom. The first-order chi connectivity index (χ1) is 16.9. The molecule has 2 amide bonds. The predicted molar refractivity (Wildman–Crippen MR) is 134 cm³/mol. The summed E-state index contributed by atoms with van der Waals surface area (Å²) in [7, 11) is 0. The van der Waals surface area contributed by atoms with Gasteiger partial charge in [0, 0.05) is 17.1 Å². The molecule has 192 valence electrons. The second-order valence-electron chi connectivity index (χ2n) is 9.66. The van der Waals surface area contributed by atoms with Gasteiger partial charge in [-0.3, -0.25) is 0 Å². The van der Waals surface area contributed by atoms with Gasteiger partial charge in [-0.2, -0.15) is 0 Å². The average Bonchev–Trinajstić information content (AvgIpc) is 3.27. The maximum Gasteiger partial charge on any atom is 0.407 e. The summed E-state index contributed by atoms with van der Waals surface area (Å²) in [6.45, 7) is -0.122. The third-order valence-corrected chi connectivity index (χ3v) is 7.32. The van der Waals surface area contributed by atoms with Crippen LogP contribution in [0.2, 0.25) is 10.0 Å². The molecule has 0 bridgehead atoms. The van der Waals surface area contributed by atoms with Gasteiger partial charge < -0.3 is 24.8 Å². The zero-order valence-corrected chi connectivity index (χ0v) is 21.3. The maximum absolute atomic E-state index is 12.5. The molecule has 2 aliphatic carbocycles. The second kappa shape index (κ2) is 12.2. The summed E-state index contributed by atoms with van der Waals surface area (Å²) in [6.07, 6.45) is 9.57. The number of nitrogens with one attached hydrogen (secondary N) is 2. The number of aliphatic imine (C=N–C) groups is 1. The van der Waals surface area contributed by atoms with Crippen LogP contribution in [0.25, 0.3) is 0 Å². The molecule has 35 heavy (non-hydrogen) atoms. The van der Waals surface area contributed by atoms with Crippen molar-refractivity contribution in [3.05, 3.63) is 33.8 Å². The molecule has 0 spiro atoms. The molecule has 3 aliphatic rings. The van der Waals surface area contributed by atoms with Gasteiger partial charge in [-0.05, 0) is 43.9 Å². The highest BCUT2D eigenvalue weighted by Crippen LogP contribution is 2.29. The number of ether oxygens (including phenoxy) is 3. The average molecular weight is 526 g/mol. The van der Waals surface area contributed by atoms with Crippen molar-refractivity contribution >= 4 is 41.3 Å². The Morgan fingerprint density at radius 2 is 1.46 bits per heavy atom. The molecule has 1 heterocycles. The molecule has 0 unspecified atom stereocenters. The number of benzene rings is 1. The van der Waals surface area contributed by atoms with E-state index in [0.717, 1.165) is 51.4 Å². The Hall–Kier alpha value is -2.19. The number of carbonyl (C=O) groups is 2. The first kappa shape index (κ1) is 25.9. The number of halogens is 2. The Morgan fingerprint density at radius 3 is 1.97 bits per heavy atom. The number of carbonyl (C=O) groups excluding carboxylic acids is 2. The Balaban J connectivity index is 1.41. The third kappa shape index (κ3) is 7.40. The van der Waals surface area contributed by atoms with Crippen molar-refractivity contribution < 1.29 is 23.8 Å². The van der Waals surface area contributed by atoms with Gasteiger partial charge in [-0.25, -0.2) is 14.6 Å². The van der Waals surface area contributed by atoms with E-state index in [2.05, 4.69) is 15.6 Å². The van der Waals surface area contributed by atoms with Gasteiger partial charge in [0.25, 0.3) is 0 Å². The van der Waals surface area contributed by atoms with Gasteiger partial charge in [0.1, 0.15) is 19.8 Å². The van der Waals surface area contributed by atoms with Crippen LogP contribution in [-0.4, -0.2) is 55.5 Å². The lowest BCUT2D eigenvalue weighted by molar-refractivity contribution is 0.0560. The topological polar surface area (TPSA) is 98.2 Å². The molecule has 2 N–H and O–H groups in total. The van der Waals surface area contributed by atoms with Crippen molar-refractivity contribution in [3.8, 4) is 0 Å². The lowest BCUT2D eigenvalue weighted by atomic mass is 9.96. The first-order valence-electron chi connectivity index (χ1n) is 12.5. The molecule has 0 saturated heterocycles. The summed E-state index contributed by atoms with van der Waals surface area (Å²) in [5, 5.41) is 6.74. The highest BCUT2D eigenvalue weighted by atomic mass is 35.5. The second-order valence-corrected chi connectivity index (χ2v) is 10.5. The molecule has 4 rings (SSSR count). The summed E-state index contributed by atoms with van der Waals surface area (Å²) in [6, 6.07) is 5.25. The smallest absolute Gasteiger partial charge is 0.407 e. The van der Waals surface area contributed by atoms with Gasteiger partial charge in [-0.1, -0.05) is 61.7 Å². The van der Waals surface area contributed by atoms with E-state index in [9.17, 15) is 9.59 Å². The zero-order chi connectivity index (χ0) is 24.7. The van der Waals surface area contributed by atoms with Crippen molar-refractivity contribution in [1.29, 1.82) is 0 Å². The van der Waals surface area contributed by atoms with E-state index >= 15 is 0 Å². The van der Waals surface area contributed by atoms with E-state index in [1.165, 1.54) is 12.8 Å². The number of amides is 2. The highest BCUT2D eigenvalue weighted by molar-refractivity contribution is 6.36. The minimum Gasteiger partial charge on any atom is -0.475 e. The van der Waals surface area contributed by atoms with Crippen LogP contribution in [0.15, 0.2) is 23.2 Å². The van der Waals surface area contributed by atoms with E-state index in [-0.39, 0.29) is 31.9 Å². The number of alkyl carbamates (subject to hydrolysis) is 2. The quantitative estimate of drug-likeness (QED) is 0.480. The van der Waals surface area contributed by atoms with Gasteiger partial charge in [0.2, 0.25) is 5.90 Å². The number of hydrogen-bond donors (Lipinski definition) is 2. The van der Waals surface area contributed by atoms with Gasteiger partial charge in [-0.15, -0.1) is 0 Å². The number of rotatable bonds is 7. The van der Waals surface area contributed by atoms with E-state index in [0.29, 0.717) is 21.5 Å². The van der Waals surface area contributed by atoms with Crippen molar-refractivity contribution in [2.45, 2.75) is 81.8 Å². The number of hydrogen-bond acceptors (Lipinski definition) is 6. The summed E-state index contributed by atoms with van der Waals surface area (Å²) in [5.74, 6) is 0.291. The van der Waals surface area contributed by atoms with Crippen LogP contribution < -0.4 is 10.6 Å². The Kier molecular flexibility index (Phi) is 9.00. The first-order valence-corrected chi connectivity index (χ1v) is 13.2. The molecule has 2 fully saturated rings. The molecule has 2 saturated carbocycles. The van der Waals surface area contributed by atoms with Gasteiger partial charge >= 0.3 is 12.2 Å². The van der Waals surface area contributed by atoms with Crippen molar-refractivity contribution in [2.24, 2.45) is 4.99 Å². The summed E-state index contributed by atoms with van der Waals surface area (Å²) in [5.41, 5.74) is -0.511. The van der Waals surface area contributed by atoms with Crippen molar-refractivity contribution in [3.63, 3.8) is 0 Å². The molecule has 0 aromatic heterocycles. The molecule has 10 heteroatoms. The minimum absolute atomic E-state index is 0.0781. The molecular formula is C25H33Cl2N3O5. The fourth-order valence-electron chi connectivity index (χ4n) is 4.78. The fraction of sp³-hybridized carbons (Fsp3) is 0.640. The maximum atomic E-state index is 12.5. The minimum atomic E-state index is -1.08. The highest BCUT2D eigenvalue weighted by Gasteiger charge is 2.41. The largest absolute Gasteiger partial charge is 0.475 e. The van der Waals surface area contributed by atoms with E-state index < -0.39 is 17.7 Å².